The van der Waals surface area contributed by atoms with Crippen molar-refractivity contribution in [3.05, 3.63) is 18.2 Å². The van der Waals surface area contributed by atoms with Gasteiger partial charge in [-0.3, -0.25) is 0 Å². The number of aryl methyl sites for hydroxylation is 2. The fraction of sp³-hybridized carbons (Fsp3) is 0.667. The maximum absolute atomic E-state index is 3.23. The number of aromatic nitrogens is 2. The van der Waals surface area contributed by atoms with Crippen LogP contribution in [0.4, 0.5) is 0 Å². The monoisotopic (exact) mass is 188 g/mol. The Morgan fingerprint density at radius 1 is 1.42 bits per heavy atom. The highest BCUT2D eigenvalue weighted by Gasteiger charge is 2.05. The highest BCUT2D eigenvalue weighted by molar-refractivity contribution is 4.74. The van der Waals surface area contributed by atoms with Crippen LogP contribution in [0, 0.1) is 0 Å². The summed E-state index contributed by atoms with van der Waals surface area (Å²) in [5, 5.41) is 0. The van der Waals surface area contributed by atoms with Crippen molar-refractivity contribution in [2.45, 2.75) is 39.7 Å². The van der Waals surface area contributed by atoms with Crippen LogP contribution in [-0.2, 0) is 13.0 Å². The molecule has 3 heteroatoms. The molecule has 0 fully saturated rings. The lowest BCUT2D eigenvalue weighted by atomic mass is 10.3. The number of unbranched alkanes of at least 4 members (excludes halogenated alkanes) is 1. The largest absolute Gasteiger partial charge is 1.00 e. The summed E-state index contributed by atoms with van der Waals surface area (Å²) in [7, 11) is 0. The van der Waals surface area contributed by atoms with E-state index in [1.54, 1.807) is 0 Å². The molecule has 0 spiro atoms. The zero-order valence-corrected chi connectivity index (χ0v) is 8.56. The molecule has 0 aliphatic carbocycles. The van der Waals surface area contributed by atoms with Gasteiger partial charge in [-0.1, -0.05) is 20.3 Å². The highest BCUT2D eigenvalue weighted by atomic mass is 35.5. The van der Waals surface area contributed by atoms with Crippen molar-refractivity contribution in [1.29, 1.82) is 0 Å². The van der Waals surface area contributed by atoms with E-state index in [4.69, 9.17) is 0 Å². The van der Waals surface area contributed by atoms with Crippen molar-refractivity contribution in [3.63, 3.8) is 0 Å². The first kappa shape index (κ1) is 11.5. The van der Waals surface area contributed by atoms with Gasteiger partial charge in [0, 0.05) is 6.42 Å². The van der Waals surface area contributed by atoms with Crippen molar-refractivity contribution in [2.75, 3.05) is 0 Å². The lowest BCUT2D eigenvalue weighted by molar-refractivity contribution is -0.703. The van der Waals surface area contributed by atoms with Crippen LogP contribution in [0.1, 0.15) is 32.5 Å². The predicted molar refractivity (Wildman–Crippen MR) is 45.3 cm³/mol. The molecular weight excluding hydrogens is 172 g/mol. The first-order valence-electron chi connectivity index (χ1n) is 4.44. The maximum atomic E-state index is 3.23. The summed E-state index contributed by atoms with van der Waals surface area (Å²) in [5.74, 6) is 1.33. The predicted octanol–water partition coefficient (Wildman–Crippen LogP) is -1.33. The number of nitrogens with one attached hydrogen (secondary N) is 1. The van der Waals surface area contributed by atoms with Gasteiger partial charge in [0.1, 0.15) is 12.4 Å². The zero-order chi connectivity index (χ0) is 8.10. The number of halogens is 1. The third-order valence-corrected chi connectivity index (χ3v) is 1.94. The summed E-state index contributed by atoms with van der Waals surface area (Å²) in [5.41, 5.74) is 0. The van der Waals surface area contributed by atoms with Gasteiger partial charge >= 0.3 is 0 Å². The van der Waals surface area contributed by atoms with Crippen molar-refractivity contribution in [1.82, 2.24) is 4.98 Å². The van der Waals surface area contributed by atoms with Crippen LogP contribution in [-0.4, -0.2) is 4.98 Å². The van der Waals surface area contributed by atoms with Crippen LogP contribution in [0.5, 0.6) is 0 Å². The Hall–Kier alpha value is -0.500. The number of rotatable bonds is 4. The van der Waals surface area contributed by atoms with Crippen molar-refractivity contribution < 1.29 is 17.0 Å². The van der Waals surface area contributed by atoms with Gasteiger partial charge in [0.25, 0.3) is 5.82 Å². The average Bonchev–Trinajstić information content (AvgIpc) is 2.47. The van der Waals surface area contributed by atoms with Crippen LogP contribution in [0.25, 0.3) is 0 Å². The third-order valence-electron chi connectivity index (χ3n) is 1.94. The van der Waals surface area contributed by atoms with Crippen LogP contribution in [0.2, 0.25) is 0 Å². The summed E-state index contributed by atoms with van der Waals surface area (Å²) >= 11 is 0. The molecule has 1 N–H and O–H groups in total. The molecule has 0 aromatic carbocycles. The number of aromatic amines is 1. The van der Waals surface area contributed by atoms with E-state index in [0.29, 0.717) is 0 Å². The molecule has 1 aromatic rings. The third kappa shape index (κ3) is 2.86. The van der Waals surface area contributed by atoms with Crippen LogP contribution < -0.4 is 17.0 Å². The van der Waals surface area contributed by atoms with E-state index in [9.17, 15) is 0 Å². The molecule has 0 unspecified atom stereocenters. The van der Waals surface area contributed by atoms with Crippen LogP contribution >= 0.6 is 0 Å². The normalized spacial score (nSPS) is 9.50. The van der Waals surface area contributed by atoms with Crippen molar-refractivity contribution in [2.24, 2.45) is 0 Å². The molecule has 1 heterocycles. The summed E-state index contributed by atoms with van der Waals surface area (Å²) in [6.45, 7) is 5.55. The number of H-pyrrole nitrogens is 1. The van der Waals surface area contributed by atoms with Crippen LogP contribution in [0.15, 0.2) is 12.4 Å². The Morgan fingerprint density at radius 3 is 2.75 bits per heavy atom. The van der Waals surface area contributed by atoms with Gasteiger partial charge in [-0.05, 0) is 6.42 Å². The minimum Gasteiger partial charge on any atom is -1.00 e. The number of hydrogen-bond acceptors (Lipinski definition) is 0. The topological polar surface area (TPSA) is 19.7 Å². The number of hydrogen-bond donors (Lipinski definition) is 1. The molecule has 0 saturated carbocycles. The molecule has 12 heavy (non-hydrogen) atoms. The lowest BCUT2D eigenvalue weighted by Gasteiger charge is -1.96. The van der Waals surface area contributed by atoms with Crippen molar-refractivity contribution >= 4 is 0 Å². The maximum Gasteiger partial charge on any atom is 0.253 e. The molecule has 1 rings (SSSR count). The molecule has 2 nitrogen and oxygen atoms in total. The van der Waals surface area contributed by atoms with E-state index in [2.05, 4.69) is 29.6 Å². The van der Waals surface area contributed by atoms with E-state index in [0.717, 1.165) is 13.0 Å². The standard InChI is InChI=1S/C9H16N2.ClH/c1-3-5-7-11-8-6-10-9(11)4-2;/h6,8H,3-5,7H2,1-2H3;1H. The Labute approximate surface area is 80.4 Å². The van der Waals surface area contributed by atoms with E-state index >= 15 is 0 Å². The van der Waals surface area contributed by atoms with Gasteiger partial charge in [-0.25, -0.2) is 9.55 Å². The quantitative estimate of drug-likeness (QED) is 0.565. The second-order valence-electron chi connectivity index (χ2n) is 2.81. The van der Waals surface area contributed by atoms with Gasteiger partial charge in [0.15, 0.2) is 0 Å². The molecule has 0 radical (unpaired) electrons. The average molecular weight is 189 g/mol. The summed E-state index contributed by atoms with van der Waals surface area (Å²) in [4.78, 5) is 3.23. The second-order valence-corrected chi connectivity index (χ2v) is 2.81. The molecule has 0 aliphatic rings. The Balaban J connectivity index is 0.00000121. The molecule has 0 bridgehead atoms. The molecule has 0 saturated heterocycles. The first-order valence-corrected chi connectivity index (χ1v) is 4.44. The molecule has 0 amide bonds. The van der Waals surface area contributed by atoms with E-state index in [1.807, 2.05) is 6.20 Å². The van der Waals surface area contributed by atoms with Gasteiger partial charge < -0.3 is 12.4 Å². The first-order chi connectivity index (χ1) is 5.38. The fourth-order valence-corrected chi connectivity index (χ4v) is 1.24. The molecule has 0 atom stereocenters. The van der Waals surface area contributed by atoms with Crippen molar-refractivity contribution in [3.8, 4) is 0 Å². The molecule has 0 aliphatic heterocycles. The summed E-state index contributed by atoms with van der Waals surface area (Å²) in [6.07, 6.45) is 7.76. The van der Waals surface area contributed by atoms with Gasteiger partial charge in [-0.15, -0.1) is 0 Å². The van der Waals surface area contributed by atoms with E-state index < -0.39 is 0 Å². The van der Waals surface area contributed by atoms with E-state index in [-0.39, 0.29) is 12.4 Å². The van der Waals surface area contributed by atoms with Gasteiger partial charge in [-0.2, -0.15) is 0 Å². The smallest absolute Gasteiger partial charge is 0.253 e. The minimum atomic E-state index is 0. The Kier molecular flexibility index (Phi) is 5.81. The second kappa shape index (κ2) is 6.06. The molecule has 70 valence electrons. The number of imidazole rings is 1. The summed E-state index contributed by atoms with van der Waals surface area (Å²) < 4.78 is 2.30. The Morgan fingerprint density at radius 2 is 2.17 bits per heavy atom. The van der Waals surface area contributed by atoms with Gasteiger partial charge in [0.2, 0.25) is 0 Å². The molecular formula is C9H17ClN2. The summed E-state index contributed by atoms with van der Waals surface area (Å²) in [6, 6.07) is 0. The SMILES string of the molecule is CCCC[n+]1cc[nH]c1CC.[Cl-]. The fourth-order valence-electron chi connectivity index (χ4n) is 1.24. The Bertz CT molecular complexity index is 208. The number of nitrogens with zero attached hydrogens (tertiary/aromatic N) is 1. The van der Waals surface area contributed by atoms with E-state index in [1.165, 1.54) is 18.7 Å². The zero-order valence-electron chi connectivity index (χ0n) is 7.81. The highest BCUT2D eigenvalue weighted by Crippen LogP contribution is 1.90. The lowest BCUT2D eigenvalue weighted by Crippen LogP contribution is -3.00. The minimum absolute atomic E-state index is 0. The van der Waals surface area contributed by atoms with Gasteiger partial charge in [0.05, 0.1) is 6.54 Å². The van der Waals surface area contributed by atoms with Crippen LogP contribution in [0.3, 0.4) is 0 Å². The molecule has 1 aromatic heterocycles.